The van der Waals surface area contributed by atoms with Gasteiger partial charge in [0, 0.05) is 9.79 Å². The Bertz CT molecular complexity index is 612. The molecule has 0 atom stereocenters. The van der Waals surface area contributed by atoms with E-state index in [1.165, 1.54) is 5.56 Å². The molecule has 0 aliphatic heterocycles. The topological polar surface area (TPSA) is 23.8 Å². The summed E-state index contributed by atoms with van der Waals surface area (Å²) in [6, 6.07) is 16.1. The van der Waals surface area contributed by atoms with Crippen LogP contribution in [0, 0.1) is 11.3 Å². The van der Waals surface area contributed by atoms with Gasteiger partial charge >= 0.3 is 0 Å². The van der Waals surface area contributed by atoms with Crippen LogP contribution in [0.5, 0.6) is 0 Å². The zero-order valence-corrected chi connectivity index (χ0v) is 12.4. The SMILES string of the molecule is CC(C)c1ccc(Sc2cccc(Cl)c2C#N)cc1. The van der Waals surface area contributed by atoms with Crippen LogP contribution < -0.4 is 0 Å². The van der Waals surface area contributed by atoms with E-state index in [-0.39, 0.29) is 0 Å². The zero-order valence-electron chi connectivity index (χ0n) is 10.9. The van der Waals surface area contributed by atoms with E-state index in [2.05, 4.69) is 44.2 Å². The maximum Gasteiger partial charge on any atom is 0.102 e. The molecular formula is C16H14ClNS. The van der Waals surface area contributed by atoms with Gasteiger partial charge in [0.05, 0.1) is 10.6 Å². The number of hydrogen-bond acceptors (Lipinski definition) is 2. The summed E-state index contributed by atoms with van der Waals surface area (Å²) in [5.74, 6) is 0.528. The number of benzene rings is 2. The molecule has 0 aromatic heterocycles. The maximum atomic E-state index is 9.15. The normalized spacial score (nSPS) is 10.5. The molecule has 0 fully saturated rings. The Morgan fingerprint density at radius 2 is 1.79 bits per heavy atom. The number of hydrogen-bond donors (Lipinski definition) is 0. The first-order valence-electron chi connectivity index (χ1n) is 6.08. The third kappa shape index (κ3) is 3.32. The average molecular weight is 288 g/mol. The van der Waals surface area contributed by atoms with Gasteiger partial charge in [-0.25, -0.2) is 0 Å². The Kier molecular flexibility index (Phi) is 4.52. The van der Waals surface area contributed by atoms with Crippen LogP contribution in [0.15, 0.2) is 52.3 Å². The van der Waals surface area contributed by atoms with Gasteiger partial charge in [0.1, 0.15) is 6.07 Å². The van der Waals surface area contributed by atoms with Crippen LogP contribution in [0.3, 0.4) is 0 Å². The Morgan fingerprint density at radius 3 is 2.37 bits per heavy atom. The maximum absolute atomic E-state index is 9.15. The lowest BCUT2D eigenvalue weighted by Crippen LogP contribution is -1.86. The lowest BCUT2D eigenvalue weighted by atomic mass is 10.0. The Labute approximate surface area is 123 Å². The van der Waals surface area contributed by atoms with E-state index < -0.39 is 0 Å². The Hall–Kier alpha value is -1.43. The van der Waals surface area contributed by atoms with Gasteiger partial charge in [-0.05, 0) is 35.7 Å². The van der Waals surface area contributed by atoms with Crippen molar-refractivity contribution in [2.24, 2.45) is 0 Å². The molecule has 96 valence electrons. The molecule has 0 saturated heterocycles. The number of nitriles is 1. The predicted octanol–water partition coefficient (Wildman–Crippen LogP) is 5.49. The lowest BCUT2D eigenvalue weighted by Gasteiger charge is -2.08. The Morgan fingerprint density at radius 1 is 1.11 bits per heavy atom. The number of nitrogens with zero attached hydrogens (tertiary/aromatic N) is 1. The van der Waals surface area contributed by atoms with E-state index in [0.717, 1.165) is 9.79 Å². The monoisotopic (exact) mass is 287 g/mol. The van der Waals surface area contributed by atoms with Gasteiger partial charge in [-0.15, -0.1) is 0 Å². The average Bonchev–Trinajstić information content (AvgIpc) is 2.39. The summed E-state index contributed by atoms with van der Waals surface area (Å²) in [5, 5.41) is 9.65. The molecule has 0 bridgehead atoms. The fourth-order valence-electron chi connectivity index (χ4n) is 1.75. The molecule has 2 aromatic carbocycles. The molecule has 0 spiro atoms. The summed E-state index contributed by atoms with van der Waals surface area (Å²) >= 11 is 7.59. The van der Waals surface area contributed by atoms with Crippen LogP contribution in [0.25, 0.3) is 0 Å². The van der Waals surface area contributed by atoms with Gasteiger partial charge in [-0.3, -0.25) is 0 Å². The lowest BCUT2D eigenvalue weighted by molar-refractivity contribution is 0.865. The first kappa shape index (κ1) is 14.0. The van der Waals surface area contributed by atoms with E-state index in [0.29, 0.717) is 16.5 Å². The van der Waals surface area contributed by atoms with Gasteiger partial charge in [0.25, 0.3) is 0 Å². The number of rotatable bonds is 3. The van der Waals surface area contributed by atoms with E-state index >= 15 is 0 Å². The molecule has 1 nitrogen and oxygen atoms in total. The number of halogens is 1. The van der Waals surface area contributed by atoms with E-state index in [1.807, 2.05) is 12.1 Å². The molecular weight excluding hydrogens is 274 g/mol. The molecule has 0 aliphatic rings. The smallest absolute Gasteiger partial charge is 0.102 e. The highest BCUT2D eigenvalue weighted by atomic mass is 35.5. The second-order valence-corrected chi connectivity index (χ2v) is 6.07. The summed E-state index contributed by atoms with van der Waals surface area (Å²) in [6.07, 6.45) is 0. The molecule has 0 saturated carbocycles. The minimum absolute atomic E-state index is 0.506. The molecule has 0 heterocycles. The first-order valence-corrected chi connectivity index (χ1v) is 7.27. The van der Waals surface area contributed by atoms with Crippen molar-refractivity contribution in [3.63, 3.8) is 0 Å². The zero-order chi connectivity index (χ0) is 13.8. The summed E-state index contributed by atoms with van der Waals surface area (Å²) in [7, 11) is 0. The van der Waals surface area contributed by atoms with Gasteiger partial charge in [0.15, 0.2) is 0 Å². The van der Waals surface area contributed by atoms with Gasteiger partial charge in [0.2, 0.25) is 0 Å². The molecule has 3 heteroatoms. The summed E-state index contributed by atoms with van der Waals surface area (Å²) in [5.41, 5.74) is 1.86. The highest BCUT2D eigenvalue weighted by Gasteiger charge is 2.08. The molecule has 0 radical (unpaired) electrons. The third-order valence-electron chi connectivity index (χ3n) is 2.86. The standard InChI is InChI=1S/C16H14ClNS/c1-11(2)12-6-8-13(9-7-12)19-16-5-3-4-15(17)14(16)10-18/h3-9,11H,1-2H3. The van der Waals surface area contributed by atoms with Crippen molar-refractivity contribution in [1.29, 1.82) is 5.26 Å². The molecule has 0 amide bonds. The van der Waals surface area contributed by atoms with Gasteiger partial charge in [-0.1, -0.05) is 55.4 Å². The summed E-state index contributed by atoms with van der Waals surface area (Å²) in [4.78, 5) is 2.01. The van der Waals surface area contributed by atoms with Crippen LogP contribution in [-0.2, 0) is 0 Å². The first-order chi connectivity index (χ1) is 9.11. The second kappa shape index (κ2) is 6.14. The highest BCUT2D eigenvalue weighted by molar-refractivity contribution is 7.99. The largest absolute Gasteiger partial charge is 0.192 e. The third-order valence-corrected chi connectivity index (χ3v) is 4.24. The van der Waals surface area contributed by atoms with Crippen molar-refractivity contribution in [3.05, 3.63) is 58.6 Å². The van der Waals surface area contributed by atoms with Crippen molar-refractivity contribution in [2.45, 2.75) is 29.6 Å². The quantitative estimate of drug-likeness (QED) is 0.745. The van der Waals surface area contributed by atoms with E-state index in [9.17, 15) is 0 Å². The fourth-order valence-corrected chi connectivity index (χ4v) is 2.95. The van der Waals surface area contributed by atoms with Crippen LogP contribution in [0.2, 0.25) is 5.02 Å². The Balaban J connectivity index is 2.27. The molecule has 0 unspecified atom stereocenters. The minimum atomic E-state index is 0.506. The van der Waals surface area contributed by atoms with E-state index in [1.54, 1.807) is 17.8 Å². The van der Waals surface area contributed by atoms with Crippen LogP contribution in [-0.4, -0.2) is 0 Å². The van der Waals surface area contributed by atoms with Crippen molar-refractivity contribution in [1.82, 2.24) is 0 Å². The summed E-state index contributed by atoms with van der Waals surface area (Å²) in [6.45, 7) is 4.35. The van der Waals surface area contributed by atoms with Crippen LogP contribution in [0.1, 0.15) is 30.9 Å². The van der Waals surface area contributed by atoms with Crippen LogP contribution in [0.4, 0.5) is 0 Å². The molecule has 2 rings (SSSR count). The molecule has 2 aromatic rings. The van der Waals surface area contributed by atoms with Crippen molar-refractivity contribution in [3.8, 4) is 6.07 Å². The fraction of sp³-hybridized carbons (Fsp3) is 0.188. The van der Waals surface area contributed by atoms with E-state index in [4.69, 9.17) is 16.9 Å². The molecule has 0 aliphatic carbocycles. The van der Waals surface area contributed by atoms with Gasteiger partial charge in [-0.2, -0.15) is 5.26 Å². The summed E-state index contributed by atoms with van der Waals surface area (Å²) < 4.78 is 0. The highest BCUT2D eigenvalue weighted by Crippen LogP contribution is 2.33. The van der Waals surface area contributed by atoms with Crippen molar-refractivity contribution < 1.29 is 0 Å². The second-order valence-electron chi connectivity index (χ2n) is 4.55. The van der Waals surface area contributed by atoms with Gasteiger partial charge < -0.3 is 0 Å². The minimum Gasteiger partial charge on any atom is -0.192 e. The van der Waals surface area contributed by atoms with Crippen molar-refractivity contribution in [2.75, 3.05) is 0 Å². The molecule has 0 N–H and O–H groups in total. The molecule has 19 heavy (non-hydrogen) atoms. The van der Waals surface area contributed by atoms with Crippen molar-refractivity contribution >= 4 is 23.4 Å². The van der Waals surface area contributed by atoms with Crippen LogP contribution >= 0.6 is 23.4 Å². The predicted molar refractivity (Wildman–Crippen MR) is 80.8 cm³/mol.